The highest BCUT2D eigenvalue weighted by Gasteiger charge is 2.26. The second-order valence-corrected chi connectivity index (χ2v) is 7.14. The van der Waals surface area contributed by atoms with Crippen LogP contribution in [0.1, 0.15) is 12.8 Å². The molecule has 1 aromatic heterocycles. The van der Waals surface area contributed by atoms with Gasteiger partial charge in [-0.25, -0.2) is 8.96 Å². The van der Waals surface area contributed by atoms with Crippen molar-refractivity contribution in [2.24, 2.45) is 0 Å². The number of nitrogens with zero attached hydrogens (tertiary/aromatic N) is 4. The molecule has 23 heavy (non-hydrogen) atoms. The number of nitro groups is 1. The fraction of sp³-hybridized carbons (Fsp3) is 0.750. The van der Waals surface area contributed by atoms with Crippen molar-refractivity contribution < 1.29 is 21.9 Å². The van der Waals surface area contributed by atoms with E-state index in [1.807, 2.05) is 4.90 Å². The predicted octanol–water partition coefficient (Wildman–Crippen LogP) is 0.570. The molecular formula is C12H19FN4O5S. The normalized spacial score (nSPS) is 18.9. The maximum atomic E-state index is 14.1. The lowest BCUT2D eigenvalue weighted by atomic mass is 10.1. The van der Waals surface area contributed by atoms with E-state index in [1.54, 1.807) is 0 Å². The van der Waals surface area contributed by atoms with Gasteiger partial charge in [0.25, 0.3) is 10.1 Å². The van der Waals surface area contributed by atoms with Crippen molar-refractivity contribution in [2.75, 3.05) is 25.9 Å². The third-order valence-electron chi connectivity index (χ3n) is 3.55. The van der Waals surface area contributed by atoms with Gasteiger partial charge >= 0.3 is 5.95 Å². The van der Waals surface area contributed by atoms with Crippen LogP contribution in [0.2, 0.25) is 0 Å². The van der Waals surface area contributed by atoms with Gasteiger partial charge in [0.2, 0.25) is 0 Å². The molecule has 1 fully saturated rings. The van der Waals surface area contributed by atoms with E-state index in [9.17, 15) is 22.9 Å². The van der Waals surface area contributed by atoms with Crippen molar-refractivity contribution in [2.45, 2.75) is 31.7 Å². The predicted molar refractivity (Wildman–Crippen MR) is 79.2 cm³/mol. The molecule has 0 aromatic carbocycles. The summed E-state index contributed by atoms with van der Waals surface area (Å²) in [6, 6.07) is 0. The fourth-order valence-corrected chi connectivity index (χ4v) is 3.29. The number of aromatic nitrogens is 2. The minimum Gasteiger partial charge on any atom is -0.390 e. The molecule has 2 rings (SSSR count). The van der Waals surface area contributed by atoms with E-state index in [-0.39, 0.29) is 25.1 Å². The van der Waals surface area contributed by atoms with Gasteiger partial charge in [0.15, 0.2) is 0 Å². The Morgan fingerprint density at radius 2 is 2.13 bits per heavy atom. The first kappa shape index (κ1) is 17.8. The van der Waals surface area contributed by atoms with E-state index in [1.165, 1.54) is 17.0 Å². The van der Waals surface area contributed by atoms with Crippen LogP contribution < -0.4 is 0 Å². The van der Waals surface area contributed by atoms with Crippen LogP contribution in [0.5, 0.6) is 0 Å². The Labute approximate surface area is 133 Å². The molecule has 2 heterocycles. The molecule has 1 aromatic rings. The Morgan fingerprint density at radius 3 is 2.70 bits per heavy atom. The summed E-state index contributed by atoms with van der Waals surface area (Å²) in [5.41, 5.74) is 0. The summed E-state index contributed by atoms with van der Waals surface area (Å²) in [4.78, 5) is 15.5. The number of imidazole rings is 1. The molecule has 0 saturated carbocycles. The van der Waals surface area contributed by atoms with E-state index in [4.69, 9.17) is 4.18 Å². The molecule has 11 heteroatoms. The van der Waals surface area contributed by atoms with Gasteiger partial charge in [0.05, 0.1) is 12.4 Å². The first-order valence-corrected chi connectivity index (χ1v) is 8.96. The number of piperidine rings is 1. The van der Waals surface area contributed by atoms with Crippen molar-refractivity contribution in [3.05, 3.63) is 22.5 Å². The van der Waals surface area contributed by atoms with Crippen LogP contribution in [0.4, 0.5) is 10.3 Å². The van der Waals surface area contributed by atoms with E-state index >= 15 is 0 Å². The molecule has 0 N–H and O–H groups in total. The number of likely N-dealkylation sites (tertiary alicyclic amines) is 1. The highest BCUT2D eigenvalue weighted by atomic mass is 32.2. The van der Waals surface area contributed by atoms with Crippen LogP contribution in [-0.4, -0.2) is 66.0 Å². The lowest BCUT2D eigenvalue weighted by molar-refractivity contribution is -0.396. The minimum atomic E-state index is -3.48. The number of halogens is 1. The molecule has 1 saturated heterocycles. The molecule has 1 aliphatic heterocycles. The third-order valence-corrected chi connectivity index (χ3v) is 4.18. The number of hydrogen-bond acceptors (Lipinski definition) is 7. The van der Waals surface area contributed by atoms with Crippen LogP contribution in [0.3, 0.4) is 0 Å². The Hall–Kier alpha value is -1.59. The third kappa shape index (κ3) is 5.52. The van der Waals surface area contributed by atoms with Gasteiger partial charge in [0.1, 0.15) is 25.1 Å². The van der Waals surface area contributed by atoms with Crippen LogP contribution in [-0.2, 0) is 20.8 Å². The smallest absolute Gasteiger partial charge is 0.390 e. The van der Waals surface area contributed by atoms with Gasteiger partial charge in [-0.05, 0) is 17.8 Å². The summed E-state index contributed by atoms with van der Waals surface area (Å²) in [5.74, 6) is -0.382. The van der Waals surface area contributed by atoms with E-state index in [2.05, 4.69) is 4.98 Å². The van der Waals surface area contributed by atoms with E-state index in [0.29, 0.717) is 25.9 Å². The van der Waals surface area contributed by atoms with Crippen LogP contribution >= 0.6 is 0 Å². The summed E-state index contributed by atoms with van der Waals surface area (Å²) in [7, 11) is -3.48. The Balaban J connectivity index is 1.80. The van der Waals surface area contributed by atoms with Gasteiger partial charge < -0.3 is 15.0 Å². The maximum absolute atomic E-state index is 14.1. The topological polar surface area (TPSA) is 108 Å². The number of rotatable bonds is 7. The average molecular weight is 350 g/mol. The molecule has 0 bridgehead atoms. The van der Waals surface area contributed by atoms with E-state index in [0.717, 1.165) is 6.26 Å². The molecule has 1 atom stereocenters. The van der Waals surface area contributed by atoms with Crippen molar-refractivity contribution in [1.82, 2.24) is 14.5 Å². The summed E-state index contributed by atoms with van der Waals surface area (Å²) < 4.78 is 42.3. The second-order valence-electron chi connectivity index (χ2n) is 5.53. The highest BCUT2D eigenvalue weighted by molar-refractivity contribution is 7.86. The zero-order chi connectivity index (χ0) is 17.0. The standard InChI is InChI=1S/C12H19FN4O5S/c1-23(20,21)22-11-2-5-15(6-3-11)8-10(13)9-16-7-4-14-12(16)17(18)19/h4,7,10-11H,2-3,5-6,8-9H2,1H3. The summed E-state index contributed by atoms with van der Waals surface area (Å²) >= 11 is 0. The van der Waals surface area contributed by atoms with Gasteiger partial charge in [-0.2, -0.15) is 8.42 Å². The zero-order valence-electron chi connectivity index (χ0n) is 12.7. The van der Waals surface area contributed by atoms with Crippen LogP contribution in [0.15, 0.2) is 12.4 Å². The fourth-order valence-electron chi connectivity index (χ4n) is 2.60. The molecule has 1 aliphatic rings. The van der Waals surface area contributed by atoms with Crippen LogP contribution in [0.25, 0.3) is 0 Å². The lowest BCUT2D eigenvalue weighted by Gasteiger charge is -2.31. The summed E-state index contributed by atoms with van der Waals surface area (Å²) in [5, 5.41) is 10.7. The molecular weight excluding hydrogens is 331 g/mol. The molecule has 0 aliphatic carbocycles. The molecule has 130 valence electrons. The monoisotopic (exact) mass is 350 g/mol. The number of hydrogen-bond donors (Lipinski definition) is 0. The van der Waals surface area contributed by atoms with Gasteiger partial charge in [-0.3, -0.25) is 4.18 Å². The highest BCUT2D eigenvalue weighted by Crippen LogP contribution is 2.17. The quantitative estimate of drug-likeness (QED) is 0.402. The van der Waals surface area contributed by atoms with E-state index < -0.39 is 21.2 Å². The lowest BCUT2D eigenvalue weighted by Crippen LogP contribution is -2.41. The zero-order valence-corrected chi connectivity index (χ0v) is 13.5. The Morgan fingerprint density at radius 1 is 1.48 bits per heavy atom. The molecule has 0 amide bonds. The molecule has 0 radical (unpaired) electrons. The summed E-state index contributed by atoms with van der Waals surface area (Å²) in [6.45, 7) is 1.02. The van der Waals surface area contributed by atoms with Gasteiger partial charge in [-0.15, -0.1) is 0 Å². The molecule has 0 spiro atoms. The van der Waals surface area contributed by atoms with Crippen molar-refractivity contribution in [1.29, 1.82) is 0 Å². The number of alkyl halides is 1. The first-order chi connectivity index (χ1) is 10.7. The first-order valence-electron chi connectivity index (χ1n) is 7.15. The van der Waals surface area contributed by atoms with Gasteiger partial charge in [-0.1, -0.05) is 4.98 Å². The van der Waals surface area contributed by atoms with Gasteiger partial charge in [0, 0.05) is 19.6 Å². The Kier molecular flexibility index (Phi) is 5.65. The van der Waals surface area contributed by atoms with Crippen molar-refractivity contribution in [3.63, 3.8) is 0 Å². The van der Waals surface area contributed by atoms with Crippen LogP contribution in [0, 0.1) is 10.1 Å². The largest absolute Gasteiger partial charge is 0.434 e. The van der Waals surface area contributed by atoms with Crippen molar-refractivity contribution >= 4 is 16.1 Å². The minimum absolute atomic E-state index is 0.126. The average Bonchev–Trinajstić information content (AvgIpc) is 2.87. The maximum Gasteiger partial charge on any atom is 0.434 e. The Bertz CT molecular complexity index is 642. The second kappa shape index (κ2) is 7.32. The molecule has 9 nitrogen and oxygen atoms in total. The molecule has 1 unspecified atom stereocenters. The van der Waals surface area contributed by atoms with Crippen molar-refractivity contribution in [3.8, 4) is 0 Å². The summed E-state index contributed by atoms with van der Waals surface area (Å²) in [6.07, 6.45) is 3.00. The SMILES string of the molecule is CS(=O)(=O)OC1CCN(CC(F)Cn2ccnc2[N+](=O)[O-])CC1.